The molecule has 0 spiro atoms. The molecule has 0 aliphatic carbocycles. The minimum Gasteiger partial charge on any atom is -0.470 e. The summed E-state index contributed by atoms with van der Waals surface area (Å²) in [5.74, 6) is 0.654. The molecular weight excluding hydrogens is 208 g/mol. The Hall–Kier alpha value is -1.47. The van der Waals surface area contributed by atoms with Crippen LogP contribution in [-0.2, 0) is 0 Å². The number of hydrogen-bond donors (Lipinski definition) is 0. The number of ether oxygens (including phenoxy) is 1. The normalized spacial score (nSPS) is 12.1. The topological polar surface area (TPSA) is 9.23 Å². The molecule has 75 valence electrons. The Kier molecular flexibility index (Phi) is 3.25. The lowest BCUT2D eigenvalue weighted by atomic mass is 10.2. The standard InChI is InChI=1S/C13H10ClO/c14-13(11-7-3-1-4-8-11)15-12-9-5-2-6-10-12/h1-9,13H. The van der Waals surface area contributed by atoms with Crippen LogP contribution < -0.4 is 4.74 Å². The van der Waals surface area contributed by atoms with E-state index >= 15 is 0 Å². The fourth-order valence-corrected chi connectivity index (χ4v) is 1.48. The van der Waals surface area contributed by atoms with Crippen molar-refractivity contribution >= 4 is 11.6 Å². The lowest BCUT2D eigenvalue weighted by Gasteiger charge is -2.12. The average molecular weight is 218 g/mol. The first-order valence-corrected chi connectivity index (χ1v) is 5.12. The van der Waals surface area contributed by atoms with Gasteiger partial charge in [-0.1, -0.05) is 60.1 Å². The Labute approximate surface area is 94.3 Å². The van der Waals surface area contributed by atoms with Gasteiger partial charge in [0.05, 0.1) is 0 Å². The Morgan fingerprint density at radius 1 is 1.00 bits per heavy atom. The van der Waals surface area contributed by atoms with E-state index in [1.54, 1.807) is 6.07 Å². The van der Waals surface area contributed by atoms with Crippen LogP contribution in [0, 0.1) is 6.07 Å². The highest BCUT2D eigenvalue weighted by atomic mass is 35.5. The van der Waals surface area contributed by atoms with E-state index in [-0.39, 0.29) is 0 Å². The third-order valence-corrected chi connectivity index (χ3v) is 2.31. The van der Waals surface area contributed by atoms with Crippen molar-refractivity contribution in [2.75, 3.05) is 0 Å². The molecule has 2 aromatic rings. The Morgan fingerprint density at radius 3 is 2.40 bits per heavy atom. The first kappa shape index (κ1) is 10.1. The van der Waals surface area contributed by atoms with Crippen molar-refractivity contribution in [2.45, 2.75) is 5.56 Å². The first-order chi connectivity index (χ1) is 7.36. The van der Waals surface area contributed by atoms with Gasteiger partial charge in [0.1, 0.15) is 5.75 Å². The van der Waals surface area contributed by atoms with E-state index in [9.17, 15) is 0 Å². The molecule has 15 heavy (non-hydrogen) atoms. The van der Waals surface area contributed by atoms with Crippen LogP contribution in [0.25, 0.3) is 0 Å². The Balaban J connectivity index is 2.08. The summed E-state index contributed by atoms with van der Waals surface area (Å²) in [5, 5.41) is 0. The maximum absolute atomic E-state index is 6.10. The van der Waals surface area contributed by atoms with E-state index in [1.807, 2.05) is 48.5 Å². The highest BCUT2D eigenvalue weighted by Gasteiger charge is 2.07. The molecule has 0 N–H and O–H groups in total. The quantitative estimate of drug-likeness (QED) is 0.711. The predicted molar refractivity (Wildman–Crippen MR) is 60.9 cm³/mol. The van der Waals surface area contributed by atoms with Crippen molar-refractivity contribution < 1.29 is 4.74 Å². The Bertz CT molecular complexity index is 399. The lowest BCUT2D eigenvalue weighted by Crippen LogP contribution is -1.99. The molecule has 1 atom stereocenters. The maximum Gasteiger partial charge on any atom is 0.197 e. The molecular formula is C13H10ClO. The van der Waals surface area contributed by atoms with Gasteiger partial charge in [0, 0.05) is 11.6 Å². The van der Waals surface area contributed by atoms with E-state index in [0.717, 1.165) is 5.56 Å². The smallest absolute Gasteiger partial charge is 0.197 e. The highest BCUT2D eigenvalue weighted by molar-refractivity contribution is 6.20. The number of para-hydroxylation sites is 1. The molecule has 0 heterocycles. The summed E-state index contributed by atoms with van der Waals surface area (Å²) in [6.45, 7) is 0. The van der Waals surface area contributed by atoms with E-state index in [2.05, 4.69) is 6.07 Å². The van der Waals surface area contributed by atoms with Crippen LogP contribution in [0.15, 0.2) is 54.6 Å². The lowest BCUT2D eigenvalue weighted by molar-refractivity contribution is 0.287. The summed E-state index contributed by atoms with van der Waals surface area (Å²) in [6, 6.07) is 20.0. The molecule has 0 aliphatic rings. The van der Waals surface area contributed by atoms with Gasteiger partial charge in [-0.3, -0.25) is 0 Å². The minimum atomic E-state index is -0.468. The molecule has 0 fully saturated rings. The number of halogens is 1. The summed E-state index contributed by atoms with van der Waals surface area (Å²) in [4.78, 5) is 0. The molecule has 1 nitrogen and oxygen atoms in total. The fourth-order valence-electron chi connectivity index (χ4n) is 1.23. The summed E-state index contributed by atoms with van der Waals surface area (Å²) < 4.78 is 5.51. The van der Waals surface area contributed by atoms with Crippen LogP contribution in [0.2, 0.25) is 0 Å². The second-order valence-corrected chi connectivity index (χ2v) is 3.47. The molecule has 1 radical (unpaired) electrons. The number of benzene rings is 2. The van der Waals surface area contributed by atoms with E-state index in [4.69, 9.17) is 16.3 Å². The van der Waals surface area contributed by atoms with Gasteiger partial charge in [0.25, 0.3) is 0 Å². The maximum atomic E-state index is 6.10. The molecule has 2 heteroatoms. The average Bonchev–Trinajstić information content (AvgIpc) is 2.31. The Morgan fingerprint density at radius 2 is 1.73 bits per heavy atom. The van der Waals surface area contributed by atoms with Gasteiger partial charge < -0.3 is 4.74 Å². The third-order valence-electron chi connectivity index (χ3n) is 1.97. The number of hydrogen-bond acceptors (Lipinski definition) is 1. The van der Waals surface area contributed by atoms with Crippen LogP contribution in [0.3, 0.4) is 0 Å². The van der Waals surface area contributed by atoms with Gasteiger partial charge in [0.2, 0.25) is 0 Å². The molecule has 0 saturated heterocycles. The third kappa shape index (κ3) is 2.74. The van der Waals surface area contributed by atoms with Crippen molar-refractivity contribution in [1.29, 1.82) is 0 Å². The molecule has 0 amide bonds. The van der Waals surface area contributed by atoms with Gasteiger partial charge in [-0.15, -0.1) is 0 Å². The SMILES string of the molecule is ClC(Oc1[c]cccc1)c1ccccc1. The largest absolute Gasteiger partial charge is 0.470 e. The van der Waals surface area contributed by atoms with Gasteiger partial charge in [-0.25, -0.2) is 0 Å². The van der Waals surface area contributed by atoms with Crippen molar-refractivity contribution in [3.05, 3.63) is 66.2 Å². The fraction of sp³-hybridized carbons (Fsp3) is 0.0769. The van der Waals surface area contributed by atoms with Crippen molar-refractivity contribution in [1.82, 2.24) is 0 Å². The molecule has 1 unspecified atom stereocenters. The van der Waals surface area contributed by atoms with Crippen molar-refractivity contribution in [2.24, 2.45) is 0 Å². The second-order valence-electron chi connectivity index (χ2n) is 3.07. The van der Waals surface area contributed by atoms with Crippen LogP contribution in [-0.4, -0.2) is 0 Å². The van der Waals surface area contributed by atoms with Gasteiger partial charge >= 0.3 is 0 Å². The summed E-state index contributed by atoms with van der Waals surface area (Å²) in [6.07, 6.45) is 0. The molecule has 0 saturated carbocycles. The highest BCUT2D eigenvalue weighted by Crippen LogP contribution is 2.24. The number of alkyl halides is 1. The van der Waals surface area contributed by atoms with Crippen molar-refractivity contribution in [3.8, 4) is 5.75 Å². The van der Waals surface area contributed by atoms with Crippen LogP contribution in [0.1, 0.15) is 11.1 Å². The van der Waals surface area contributed by atoms with Gasteiger partial charge in [-0.2, -0.15) is 0 Å². The van der Waals surface area contributed by atoms with Crippen LogP contribution >= 0.6 is 11.6 Å². The zero-order chi connectivity index (χ0) is 10.5. The minimum absolute atomic E-state index is 0.468. The van der Waals surface area contributed by atoms with E-state index < -0.39 is 5.56 Å². The van der Waals surface area contributed by atoms with Crippen LogP contribution in [0.4, 0.5) is 0 Å². The zero-order valence-corrected chi connectivity index (χ0v) is 8.82. The predicted octanol–water partition coefficient (Wildman–Crippen LogP) is 3.80. The summed E-state index contributed by atoms with van der Waals surface area (Å²) in [5.41, 5.74) is 0.473. The van der Waals surface area contributed by atoms with E-state index in [0.29, 0.717) is 5.75 Å². The molecule has 0 aliphatic heterocycles. The molecule has 0 aromatic heterocycles. The van der Waals surface area contributed by atoms with E-state index in [1.165, 1.54) is 0 Å². The first-order valence-electron chi connectivity index (χ1n) is 4.68. The monoisotopic (exact) mass is 217 g/mol. The van der Waals surface area contributed by atoms with Crippen molar-refractivity contribution in [3.63, 3.8) is 0 Å². The molecule has 0 bridgehead atoms. The summed E-state index contributed by atoms with van der Waals surface area (Å²) in [7, 11) is 0. The number of rotatable bonds is 3. The summed E-state index contributed by atoms with van der Waals surface area (Å²) >= 11 is 6.10. The molecule has 2 rings (SSSR count). The zero-order valence-electron chi connectivity index (χ0n) is 8.06. The van der Waals surface area contributed by atoms with Gasteiger partial charge in [0.15, 0.2) is 5.56 Å². The van der Waals surface area contributed by atoms with Crippen LogP contribution in [0.5, 0.6) is 5.75 Å². The second kappa shape index (κ2) is 4.85. The molecule has 2 aromatic carbocycles. The van der Waals surface area contributed by atoms with Gasteiger partial charge in [-0.05, 0) is 6.07 Å².